The number of hydrogen-bond acceptors (Lipinski definition) is 3. The number of ketones is 1. The van der Waals surface area contributed by atoms with Gasteiger partial charge in [0.15, 0.2) is 0 Å². The van der Waals surface area contributed by atoms with Crippen molar-refractivity contribution in [1.29, 1.82) is 0 Å². The molecule has 0 saturated heterocycles. The number of benzene rings is 2. The average Bonchev–Trinajstić information content (AvgIpc) is 2.68. The number of carbonyl (C=O) groups excluding carboxylic acids is 2. The lowest BCUT2D eigenvalue weighted by Gasteiger charge is -2.43. The Hall–Kier alpha value is -2.42. The molecule has 0 radical (unpaired) electrons. The van der Waals surface area contributed by atoms with Gasteiger partial charge >= 0.3 is 5.97 Å². The summed E-state index contributed by atoms with van der Waals surface area (Å²) in [5.74, 6) is -0.639. The maximum absolute atomic E-state index is 12.6. The third-order valence-corrected chi connectivity index (χ3v) is 5.98. The smallest absolute Gasteiger partial charge is 0.379 e. The Balaban J connectivity index is 1.80. The first-order valence-electron chi connectivity index (χ1n) is 9.75. The van der Waals surface area contributed by atoms with Gasteiger partial charge in [0.05, 0.1) is 0 Å². The van der Waals surface area contributed by atoms with Crippen LogP contribution in [0.2, 0.25) is 0 Å². The molecule has 1 aliphatic carbocycles. The molecule has 0 N–H and O–H groups in total. The van der Waals surface area contributed by atoms with Crippen molar-refractivity contribution < 1.29 is 14.3 Å². The van der Waals surface area contributed by atoms with E-state index in [0.29, 0.717) is 11.5 Å². The monoisotopic (exact) mass is 364 g/mol. The molecule has 0 heterocycles. The van der Waals surface area contributed by atoms with Crippen molar-refractivity contribution in [2.45, 2.75) is 51.6 Å². The van der Waals surface area contributed by atoms with Gasteiger partial charge in [0, 0.05) is 11.5 Å². The molecule has 27 heavy (non-hydrogen) atoms. The lowest BCUT2D eigenvalue weighted by molar-refractivity contribution is -0.150. The summed E-state index contributed by atoms with van der Waals surface area (Å²) in [7, 11) is 0. The second kappa shape index (κ2) is 8.08. The predicted octanol–water partition coefficient (Wildman–Crippen LogP) is 5.20. The summed E-state index contributed by atoms with van der Waals surface area (Å²) in [6.45, 7) is 6.61. The summed E-state index contributed by atoms with van der Waals surface area (Å²) in [6.07, 6.45) is 2.65. The highest BCUT2D eigenvalue weighted by Gasteiger charge is 2.42. The molecule has 0 amide bonds. The molecular weight excluding hydrogens is 336 g/mol. The van der Waals surface area contributed by atoms with Crippen LogP contribution in [0.15, 0.2) is 60.7 Å². The first kappa shape index (κ1) is 19.3. The normalized spacial score (nSPS) is 22.9. The standard InChI is InChI=1S/C24H28O3/c1-17-14-15-20(24(2,3)19-12-8-5-9-13-19)21(16-17)27-23(26)22(25)18-10-6-4-7-11-18/h4-13,17,20-21H,14-16H2,1-3H3. The lowest BCUT2D eigenvalue weighted by atomic mass is 9.64. The van der Waals surface area contributed by atoms with Gasteiger partial charge in [-0.15, -0.1) is 0 Å². The van der Waals surface area contributed by atoms with Crippen molar-refractivity contribution in [2.75, 3.05) is 0 Å². The number of carbonyl (C=O) groups is 2. The maximum Gasteiger partial charge on any atom is 0.379 e. The van der Waals surface area contributed by atoms with E-state index in [1.807, 2.05) is 24.3 Å². The Bertz CT molecular complexity index is 780. The Morgan fingerprint density at radius 1 is 0.926 bits per heavy atom. The van der Waals surface area contributed by atoms with E-state index in [-0.39, 0.29) is 17.4 Å². The number of hydrogen-bond donors (Lipinski definition) is 0. The van der Waals surface area contributed by atoms with Crippen molar-refractivity contribution in [1.82, 2.24) is 0 Å². The highest BCUT2D eigenvalue weighted by Crippen LogP contribution is 2.43. The van der Waals surface area contributed by atoms with Crippen LogP contribution in [-0.4, -0.2) is 17.9 Å². The molecule has 1 saturated carbocycles. The van der Waals surface area contributed by atoms with Gasteiger partial charge in [0.25, 0.3) is 5.78 Å². The predicted molar refractivity (Wildman–Crippen MR) is 107 cm³/mol. The molecule has 0 bridgehead atoms. The van der Waals surface area contributed by atoms with E-state index in [2.05, 4.69) is 32.9 Å². The Morgan fingerprint density at radius 2 is 1.52 bits per heavy atom. The number of ether oxygens (including phenoxy) is 1. The first-order valence-corrected chi connectivity index (χ1v) is 9.75. The average molecular weight is 364 g/mol. The third kappa shape index (κ3) is 4.29. The summed E-state index contributed by atoms with van der Waals surface area (Å²) in [4.78, 5) is 25.0. The van der Waals surface area contributed by atoms with Crippen LogP contribution in [0.4, 0.5) is 0 Å². The molecule has 3 atom stereocenters. The second-order valence-corrected chi connectivity index (χ2v) is 8.25. The molecule has 0 spiro atoms. The molecule has 3 nitrogen and oxygen atoms in total. The zero-order valence-electron chi connectivity index (χ0n) is 16.4. The molecule has 1 aliphatic rings. The second-order valence-electron chi connectivity index (χ2n) is 8.25. The van der Waals surface area contributed by atoms with Crippen molar-refractivity contribution in [3.63, 3.8) is 0 Å². The quantitative estimate of drug-likeness (QED) is 0.416. The van der Waals surface area contributed by atoms with Crippen molar-refractivity contribution in [3.8, 4) is 0 Å². The highest BCUT2D eigenvalue weighted by atomic mass is 16.5. The van der Waals surface area contributed by atoms with E-state index < -0.39 is 11.8 Å². The van der Waals surface area contributed by atoms with E-state index in [0.717, 1.165) is 19.3 Å². The van der Waals surface area contributed by atoms with E-state index in [9.17, 15) is 9.59 Å². The van der Waals surface area contributed by atoms with Crippen LogP contribution < -0.4 is 0 Å². The fourth-order valence-electron chi connectivity index (χ4n) is 4.26. The molecule has 0 aromatic heterocycles. The van der Waals surface area contributed by atoms with Crippen LogP contribution in [0.5, 0.6) is 0 Å². The van der Waals surface area contributed by atoms with E-state index in [1.54, 1.807) is 24.3 Å². The first-order chi connectivity index (χ1) is 12.9. The third-order valence-electron chi connectivity index (χ3n) is 5.98. The van der Waals surface area contributed by atoms with Crippen LogP contribution in [0.25, 0.3) is 0 Å². The molecule has 0 aliphatic heterocycles. The Labute approximate surface area is 161 Å². The molecule has 3 unspecified atom stereocenters. The van der Waals surface area contributed by atoms with Gasteiger partial charge in [-0.05, 0) is 29.7 Å². The fraction of sp³-hybridized carbons (Fsp3) is 0.417. The maximum atomic E-state index is 12.6. The molecule has 1 fully saturated rings. The SMILES string of the molecule is CC1CCC(C(C)(C)c2ccccc2)C(OC(=O)C(=O)c2ccccc2)C1. The molecular formula is C24H28O3. The summed E-state index contributed by atoms with van der Waals surface area (Å²) >= 11 is 0. The molecule has 2 aromatic carbocycles. The molecule has 142 valence electrons. The van der Waals surface area contributed by atoms with Crippen LogP contribution in [-0.2, 0) is 14.9 Å². The zero-order valence-corrected chi connectivity index (χ0v) is 16.4. The van der Waals surface area contributed by atoms with Crippen LogP contribution in [0.1, 0.15) is 56.0 Å². The van der Waals surface area contributed by atoms with Crippen molar-refractivity contribution in [2.24, 2.45) is 11.8 Å². The minimum atomic E-state index is -0.742. The molecule has 3 rings (SSSR count). The largest absolute Gasteiger partial charge is 0.456 e. The van der Waals surface area contributed by atoms with Gasteiger partial charge in [0.2, 0.25) is 0 Å². The fourth-order valence-corrected chi connectivity index (χ4v) is 4.26. The summed E-state index contributed by atoms with van der Waals surface area (Å²) in [5.41, 5.74) is 1.48. The van der Waals surface area contributed by atoms with Gasteiger partial charge in [0.1, 0.15) is 6.10 Å². The van der Waals surface area contributed by atoms with Crippen molar-refractivity contribution in [3.05, 3.63) is 71.8 Å². The van der Waals surface area contributed by atoms with Crippen LogP contribution in [0.3, 0.4) is 0 Å². The van der Waals surface area contributed by atoms with Crippen molar-refractivity contribution >= 4 is 11.8 Å². The van der Waals surface area contributed by atoms with Gasteiger partial charge in [-0.3, -0.25) is 4.79 Å². The minimum Gasteiger partial charge on any atom is -0.456 e. The molecule has 3 heteroatoms. The number of Topliss-reactive ketones (excluding diaryl/α,β-unsaturated/α-hetero) is 1. The summed E-state index contributed by atoms with van der Waals surface area (Å²) in [6, 6.07) is 19.0. The van der Waals surface area contributed by atoms with Gasteiger partial charge in [-0.1, -0.05) is 87.9 Å². The Kier molecular flexibility index (Phi) is 5.79. The number of rotatable bonds is 5. The number of esters is 1. The van der Waals surface area contributed by atoms with Gasteiger partial charge in [-0.25, -0.2) is 4.79 Å². The minimum absolute atomic E-state index is 0.137. The zero-order chi connectivity index (χ0) is 19.4. The van der Waals surface area contributed by atoms with Gasteiger partial charge in [-0.2, -0.15) is 0 Å². The molecule has 2 aromatic rings. The summed E-state index contributed by atoms with van der Waals surface area (Å²) < 4.78 is 5.81. The van der Waals surface area contributed by atoms with Crippen LogP contribution in [0, 0.1) is 11.8 Å². The topological polar surface area (TPSA) is 43.4 Å². The van der Waals surface area contributed by atoms with E-state index in [1.165, 1.54) is 5.56 Å². The Morgan fingerprint density at radius 3 is 2.15 bits per heavy atom. The highest BCUT2D eigenvalue weighted by molar-refractivity contribution is 6.40. The van der Waals surface area contributed by atoms with Gasteiger partial charge < -0.3 is 4.74 Å². The van der Waals surface area contributed by atoms with Crippen LogP contribution >= 0.6 is 0 Å². The summed E-state index contributed by atoms with van der Waals surface area (Å²) in [5, 5.41) is 0. The van der Waals surface area contributed by atoms with E-state index >= 15 is 0 Å². The lowest BCUT2D eigenvalue weighted by Crippen LogP contribution is -2.44. The van der Waals surface area contributed by atoms with E-state index in [4.69, 9.17) is 4.74 Å².